The summed E-state index contributed by atoms with van der Waals surface area (Å²) in [5.41, 5.74) is -0.999. The van der Waals surface area contributed by atoms with Crippen molar-refractivity contribution < 1.29 is 22.8 Å². The molecule has 0 aliphatic rings. The minimum Gasteiger partial charge on any atom is -0.489 e. The Bertz CT molecular complexity index is 641. The summed E-state index contributed by atoms with van der Waals surface area (Å²) < 4.78 is 45.0. The van der Waals surface area contributed by atoms with E-state index in [1.807, 2.05) is 0 Å². The first kappa shape index (κ1) is 13.9. The van der Waals surface area contributed by atoms with E-state index in [1.165, 1.54) is 6.07 Å². The van der Waals surface area contributed by atoms with Gasteiger partial charge < -0.3 is 4.74 Å². The predicted octanol–water partition coefficient (Wildman–Crippen LogP) is 3.59. The highest BCUT2D eigenvalue weighted by molar-refractivity contribution is 5.38. The van der Waals surface area contributed by atoms with Crippen LogP contribution in [0.4, 0.5) is 18.9 Å². The molecule has 20 heavy (non-hydrogen) atoms. The van der Waals surface area contributed by atoms with Gasteiger partial charge in [-0.3, -0.25) is 10.1 Å². The van der Waals surface area contributed by atoms with Crippen LogP contribution in [0.25, 0.3) is 0 Å². The van der Waals surface area contributed by atoms with Crippen LogP contribution < -0.4 is 4.74 Å². The highest BCUT2D eigenvalue weighted by atomic mass is 19.1. The smallest absolute Gasteiger partial charge is 0.305 e. The van der Waals surface area contributed by atoms with E-state index in [1.54, 1.807) is 0 Å². The van der Waals surface area contributed by atoms with Crippen LogP contribution in [-0.4, -0.2) is 4.92 Å². The van der Waals surface area contributed by atoms with Gasteiger partial charge in [0.05, 0.1) is 10.5 Å². The lowest BCUT2D eigenvalue weighted by atomic mass is 10.2. The molecular weight excluding hydrogens is 275 g/mol. The Morgan fingerprint density at radius 2 is 1.70 bits per heavy atom. The molecule has 0 radical (unpaired) electrons. The van der Waals surface area contributed by atoms with Gasteiger partial charge in [-0.15, -0.1) is 0 Å². The summed E-state index contributed by atoms with van der Waals surface area (Å²) in [6, 6.07) is 6.20. The summed E-state index contributed by atoms with van der Waals surface area (Å²) in [6.45, 7) is -0.449. The molecule has 0 saturated carbocycles. The van der Waals surface area contributed by atoms with Gasteiger partial charge in [-0.05, 0) is 18.2 Å². The number of hydrogen-bond acceptors (Lipinski definition) is 3. The third-order valence-corrected chi connectivity index (χ3v) is 2.56. The molecule has 2 aromatic rings. The molecular formula is C13H8F3NO3. The molecule has 0 saturated heterocycles. The van der Waals surface area contributed by atoms with Gasteiger partial charge in [-0.1, -0.05) is 6.07 Å². The molecule has 0 fully saturated rings. The molecule has 0 aliphatic carbocycles. The van der Waals surface area contributed by atoms with Crippen molar-refractivity contribution in [3.63, 3.8) is 0 Å². The fourth-order valence-electron chi connectivity index (χ4n) is 1.55. The third-order valence-electron chi connectivity index (χ3n) is 2.56. The van der Waals surface area contributed by atoms with Gasteiger partial charge in [0.2, 0.25) is 5.82 Å². The zero-order valence-electron chi connectivity index (χ0n) is 9.98. The number of ether oxygens (including phenoxy) is 1. The molecule has 0 spiro atoms. The number of halogens is 3. The molecule has 0 atom stereocenters. The van der Waals surface area contributed by atoms with Crippen molar-refractivity contribution in [1.82, 2.24) is 0 Å². The highest BCUT2D eigenvalue weighted by Gasteiger charge is 2.15. The number of rotatable bonds is 4. The van der Waals surface area contributed by atoms with Crippen molar-refractivity contribution in [2.24, 2.45) is 0 Å². The van der Waals surface area contributed by atoms with E-state index in [-0.39, 0.29) is 11.3 Å². The van der Waals surface area contributed by atoms with Crippen LogP contribution in [0.5, 0.6) is 5.75 Å². The minimum atomic E-state index is -1.08. The fourth-order valence-corrected chi connectivity index (χ4v) is 1.55. The molecule has 0 unspecified atom stereocenters. The lowest BCUT2D eigenvalue weighted by Crippen LogP contribution is -2.02. The van der Waals surface area contributed by atoms with Gasteiger partial charge in [0.15, 0.2) is 0 Å². The Kier molecular flexibility index (Phi) is 3.88. The third kappa shape index (κ3) is 2.87. The van der Waals surface area contributed by atoms with Crippen LogP contribution in [0, 0.1) is 27.6 Å². The van der Waals surface area contributed by atoms with Crippen molar-refractivity contribution >= 4 is 5.69 Å². The number of nitro benzene ring substituents is 1. The summed E-state index contributed by atoms with van der Waals surface area (Å²) in [5.74, 6) is -2.71. The standard InChI is InChI=1S/C13H8F3NO3/c14-10-2-1-3-11(15)9(10)7-20-8-4-5-13(17(18)19)12(16)6-8/h1-6H,7H2. The zero-order valence-corrected chi connectivity index (χ0v) is 9.98. The summed E-state index contributed by atoms with van der Waals surface area (Å²) >= 11 is 0. The normalized spacial score (nSPS) is 10.3. The number of nitro groups is 1. The molecule has 7 heteroatoms. The maximum Gasteiger partial charge on any atom is 0.305 e. The van der Waals surface area contributed by atoms with Crippen LogP contribution in [0.3, 0.4) is 0 Å². The summed E-state index contributed by atoms with van der Waals surface area (Å²) in [6.07, 6.45) is 0. The van der Waals surface area contributed by atoms with Crippen molar-refractivity contribution in [3.05, 3.63) is 69.5 Å². The van der Waals surface area contributed by atoms with E-state index in [0.717, 1.165) is 30.3 Å². The van der Waals surface area contributed by atoms with Gasteiger partial charge in [0, 0.05) is 12.1 Å². The average molecular weight is 283 g/mol. The van der Waals surface area contributed by atoms with Crippen LogP contribution in [-0.2, 0) is 6.61 Å². The topological polar surface area (TPSA) is 52.4 Å². The van der Waals surface area contributed by atoms with E-state index < -0.39 is 34.7 Å². The van der Waals surface area contributed by atoms with Crippen molar-refractivity contribution in [2.75, 3.05) is 0 Å². The molecule has 4 nitrogen and oxygen atoms in total. The van der Waals surface area contributed by atoms with E-state index >= 15 is 0 Å². The first-order valence-corrected chi connectivity index (χ1v) is 5.48. The molecule has 0 aliphatic heterocycles. The van der Waals surface area contributed by atoms with Crippen molar-refractivity contribution in [2.45, 2.75) is 6.61 Å². The second kappa shape index (κ2) is 5.60. The van der Waals surface area contributed by atoms with Crippen LogP contribution in [0.2, 0.25) is 0 Å². The maximum atomic E-state index is 13.3. The number of benzene rings is 2. The fraction of sp³-hybridized carbons (Fsp3) is 0.0769. The monoisotopic (exact) mass is 283 g/mol. The molecule has 2 rings (SSSR count). The Hall–Kier alpha value is -2.57. The van der Waals surface area contributed by atoms with Gasteiger partial charge >= 0.3 is 5.69 Å². The van der Waals surface area contributed by atoms with Crippen molar-refractivity contribution in [3.8, 4) is 5.75 Å². The van der Waals surface area contributed by atoms with E-state index in [9.17, 15) is 23.3 Å². The Morgan fingerprint density at radius 1 is 1.05 bits per heavy atom. The molecule has 0 heterocycles. The van der Waals surface area contributed by atoms with Crippen LogP contribution >= 0.6 is 0 Å². The molecule has 0 amide bonds. The van der Waals surface area contributed by atoms with Crippen molar-refractivity contribution in [1.29, 1.82) is 0 Å². The SMILES string of the molecule is O=[N+]([O-])c1ccc(OCc2c(F)cccc2F)cc1F. The van der Waals surface area contributed by atoms with E-state index in [0.29, 0.717) is 0 Å². The second-order valence-electron chi connectivity index (χ2n) is 3.86. The molecule has 2 aromatic carbocycles. The van der Waals surface area contributed by atoms with Gasteiger partial charge in [-0.25, -0.2) is 8.78 Å². The minimum absolute atomic E-state index is 0.0595. The van der Waals surface area contributed by atoms with E-state index in [4.69, 9.17) is 4.74 Å². The predicted molar refractivity (Wildman–Crippen MR) is 63.7 cm³/mol. The summed E-state index contributed by atoms with van der Waals surface area (Å²) in [7, 11) is 0. The first-order valence-electron chi connectivity index (χ1n) is 5.48. The van der Waals surface area contributed by atoms with Crippen LogP contribution in [0.1, 0.15) is 5.56 Å². The Balaban J connectivity index is 2.16. The lowest BCUT2D eigenvalue weighted by Gasteiger charge is -2.08. The molecule has 104 valence electrons. The largest absolute Gasteiger partial charge is 0.489 e. The summed E-state index contributed by atoms with van der Waals surface area (Å²) in [4.78, 5) is 9.55. The van der Waals surface area contributed by atoms with E-state index in [2.05, 4.69) is 0 Å². The van der Waals surface area contributed by atoms with Crippen LogP contribution in [0.15, 0.2) is 36.4 Å². The first-order chi connectivity index (χ1) is 9.49. The van der Waals surface area contributed by atoms with Gasteiger partial charge in [0.1, 0.15) is 24.0 Å². The summed E-state index contributed by atoms with van der Waals surface area (Å²) in [5, 5.41) is 10.4. The quantitative estimate of drug-likeness (QED) is 0.636. The van der Waals surface area contributed by atoms with Gasteiger partial charge in [0.25, 0.3) is 0 Å². The average Bonchev–Trinajstić information content (AvgIpc) is 2.37. The second-order valence-corrected chi connectivity index (χ2v) is 3.86. The van der Waals surface area contributed by atoms with Gasteiger partial charge in [-0.2, -0.15) is 4.39 Å². The zero-order chi connectivity index (χ0) is 14.7. The number of hydrogen-bond donors (Lipinski definition) is 0. The molecule has 0 bridgehead atoms. The Labute approximate surface area is 111 Å². The maximum absolute atomic E-state index is 13.3. The molecule has 0 N–H and O–H groups in total. The lowest BCUT2D eigenvalue weighted by molar-refractivity contribution is -0.387. The Morgan fingerprint density at radius 3 is 2.25 bits per heavy atom. The number of nitrogens with zero attached hydrogens (tertiary/aromatic N) is 1. The highest BCUT2D eigenvalue weighted by Crippen LogP contribution is 2.23. The molecule has 0 aromatic heterocycles.